The van der Waals surface area contributed by atoms with Crippen molar-refractivity contribution in [3.05, 3.63) is 59.2 Å². The van der Waals surface area contributed by atoms with Crippen molar-refractivity contribution in [2.75, 3.05) is 21.3 Å². The van der Waals surface area contributed by atoms with E-state index < -0.39 is 0 Å². The quantitative estimate of drug-likeness (QED) is 0.646. The maximum Gasteiger partial charge on any atom is 0.161 e. The third-order valence-electron chi connectivity index (χ3n) is 3.98. The molecule has 26 heavy (non-hydrogen) atoms. The second-order valence-electron chi connectivity index (χ2n) is 5.64. The summed E-state index contributed by atoms with van der Waals surface area (Å²) in [5.41, 5.74) is 2.28. The fourth-order valence-electron chi connectivity index (χ4n) is 2.59. The molecule has 0 atom stereocenters. The monoisotopic (exact) mass is 370 g/mol. The Labute approximate surface area is 157 Å². The highest BCUT2D eigenvalue weighted by molar-refractivity contribution is 7.15. The van der Waals surface area contributed by atoms with Gasteiger partial charge in [0.1, 0.15) is 10.8 Å². The first kappa shape index (κ1) is 18.2. The second kappa shape index (κ2) is 8.69. The Morgan fingerprint density at radius 2 is 1.65 bits per heavy atom. The lowest BCUT2D eigenvalue weighted by Gasteiger charge is -2.09. The highest BCUT2D eigenvalue weighted by Crippen LogP contribution is 2.29. The molecule has 1 aromatic heterocycles. The van der Waals surface area contributed by atoms with Gasteiger partial charge in [-0.3, -0.25) is 0 Å². The van der Waals surface area contributed by atoms with E-state index in [1.165, 1.54) is 0 Å². The summed E-state index contributed by atoms with van der Waals surface area (Å²) < 4.78 is 15.8. The summed E-state index contributed by atoms with van der Waals surface area (Å²) in [6, 6.07) is 13.9. The first-order chi connectivity index (χ1) is 12.7. The Morgan fingerprint density at radius 1 is 0.885 bits per heavy atom. The van der Waals surface area contributed by atoms with Crippen LogP contribution in [-0.4, -0.2) is 26.3 Å². The highest BCUT2D eigenvalue weighted by Gasteiger charge is 2.07. The molecule has 6 heteroatoms. The van der Waals surface area contributed by atoms with Crippen LogP contribution in [0.3, 0.4) is 0 Å². The minimum absolute atomic E-state index is 0.717. The van der Waals surface area contributed by atoms with Crippen LogP contribution < -0.4 is 19.5 Å². The van der Waals surface area contributed by atoms with E-state index in [0.29, 0.717) is 0 Å². The minimum atomic E-state index is 0.717. The lowest BCUT2D eigenvalue weighted by atomic mass is 10.2. The molecule has 0 aliphatic rings. The Balaban J connectivity index is 1.58. The van der Waals surface area contributed by atoms with Crippen LogP contribution >= 0.6 is 11.3 Å². The molecule has 0 radical (unpaired) electrons. The van der Waals surface area contributed by atoms with E-state index in [0.717, 1.165) is 51.3 Å². The normalized spacial score (nSPS) is 10.6. The summed E-state index contributed by atoms with van der Waals surface area (Å²) in [6.07, 6.45) is 1.92. The van der Waals surface area contributed by atoms with Crippen LogP contribution in [0.2, 0.25) is 0 Å². The molecular formula is C20H22N2O3S. The molecule has 0 saturated heterocycles. The zero-order valence-corrected chi connectivity index (χ0v) is 15.9. The van der Waals surface area contributed by atoms with Crippen molar-refractivity contribution >= 4 is 11.3 Å². The van der Waals surface area contributed by atoms with E-state index in [2.05, 4.69) is 10.3 Å². The van der Waals surface area contributed by atoms with E-state index in [1.54, 1.807) is 32.7 Å². The van der Waals surface area contributed by atoms with Crippen molar-refractivity contribution < 1.29 is 14.2 Å². The maximum absolute atomic E-state index is 5.34. The molecule has 2 aromatic carbocycles. The molecule has 1 heterocycles. The summed E-state index contributed by atoms with van der Waals surface area (Å²) in [7, 11) is 4.95. The van der Waals surface area contributed by atoms with Gasteiger partial charge in [0.2, 0.25) is 0 Å². The molecule has 3 aromatic rings. The number of methoxy groups -OCH3 is 3. The van der Waals surface area contributed by atoms with Gasteiger partial charge in [-0.1, -0.05) is 6.07 Å². The number of ether oxygens (including phenoxy) is 3. The standard InChI is InChI=1S/C20H22N2O3S/c1-23-16-7-5-15(6-8-16)19-12-22-20(26-19)13-21-11-14-4-9-17(24-2)18(10-14)25-3/h4-10,12,21H,11,13H2,1-3H3. The van der Waals surface area contributed by atoms with E-state index in [-0.39, 0.29) is 0 Å². The van der Waals surface area contributed by atoms with Crippen molar-refractivity contribution in [3.63, 3.8) is 0 Å². The number of nitrogens with one attached hydrogen (secondary N) is 1. The Bertz CT molecular complexity index is 847. The largest absolute Gasteiger partial charge is 0.497 e. The molecule has 1 N–H and O–H groups in total. The van der Waals surface area contributed by atoms with Crippen molar-refractivity contribution in [2.45, 2.75) is 13.1 Å². The lowest BCUT2D eigenvalue weighted by molar-refractivity contribution is 0.354. The van der Waals surface area contributed by atoms with Gasteiger partial charge >= 0.3 is 0 Å². The average Bonchev–Trinajstić information content (AvgIpc) is 3.16. The van der Waals surface area contributed by atoms with E-state index in [9.17, 15) is 0 Å². The molecular weight excluding hydrogens is 348 g/mol. The van der Waals surface area contributed by atoms with Crippen LogP contribution in [0.5, 0.6) is 17.2 Å². The molecule has 0 spiro atoms. The zero-order chi connectivity index (χ0) is 18.4. The molecule has 0 saturated carbocycles. The molecule has 0 aliphatic carbocycles. The fourth-order valence-corrected chi connectivity index (χ4v) is 3.48. The van der Waals surface area contributed by atoms with Gasteiger partial charge in [0.15, 0.2) is 11.5 Å². The first-order valence-electron chi connectivity index (χ1n) is 8.24. The maximum atomic E-state index is 5.34. The lowest BCUT2D eigenvalue weighted by Crippen LogP contribution is -2.12. The number of aromatic nitrogens is 1. The molecule has 3 rings (SSSR count). The van der Waals surface area contributed by atoms with Crippen LogP contribution in [0.25, 0.3) is 10.4 Å². The topological polar surface area (TPSA) is 52.6 Å². The highest BCUT2D eigenvalue weighted by atomic mass is 32.1. The van der Waals surface area contributed by atoms with Gasteiger partial charge in [0, 0.05) is 19.3 Å². The summed E-state index contributed by atoms with van der Waals surface area (Å²) in [5, 5.41) is 4.47. The van der Waals surface area contributed by atoms with E-state index >= 15 is 0 Å². The van der Waals surface area contributed by atoms with Gasteiger partial charge in [-0.15, -0.1) is 11.3 Å². The smallest absolute Gasteiger partial charge is 0.161 e. The van der Waals surface area contributed by atoms with Crippen LogP contribution in [-0.2, 0) is 13.1 Å². The molecule has 0 amide bonds. The number of benzene rings is 2. The summed E-state index contributed by atoms with van der Waals surface area (Å²) in [4.78, 5) is 5.66. The van der Waals surface area contributed by atoms with E-state index in [1.807, 2.05) is 48.7 Å². The number of hydrogen-bond acceptors (Lipinski definition) is 6. The predicted octanol–water partition coefficient (Wildman–Crippen LogP) is 4.13. The second-order valence-corrected chi connectivity index (χ2v) is 6.75. The molecule has 0 bridgehead atoms. The third kappa shape index (κ3) is 4.33. The zero-order valence-electron chi connectivity index (χ0n) is 15.1. The molecule has 0 fully saturated rings. The van der Waals surface area contributed by atoms with Gasteiger partial charge < -0.3 is 19.5 Å². The van der Waals surface area contributed by atoms with Crippen molar-refractivity contribution in [1.82, 2.24) is 10.3 Å². The molecule has 0 unspecified atom stereocenters. The van der Waals surface area contributed by atoms with E-state index in [4.69, 9.17) is 14.2 Å². The number of hydrogen-bond donors (Lipinski definition) is 1. The summed E-state index contributed by atoms with van der Waals surface area (Å²) in [5.74, 6) is 2.33. The number of nitrogens with zero attached hydrogens (tertiary/aromatic N) is 1. The summed E-state index contributed by atoms with van der Waals surface area (Å²) in [6.45, 7) is 1.45. The number of rotatable bonds is 8. The van der Waals surface area contributed by atoms with Gasteiger partial charge in [0.05, 0.1) is 26.2 Å². The van der Waals surface area contributed by atoms with Crippen molar-refractivity contribution in [3.8, 4) is 27.7 Å². The SMILES string of the molecule is COc1ccc(-c2cnc(CNCc3ccc(OC)c(OC)c3)s2)cc1. The van der Waals surface area contributed by atoms with Crippen LogP contribution in [0, 0.1) is 0 Å². The Kier molecular flexibility index (Phi) is 6.09. The predicted molar refractivity (Wildman–Crippen MR) is 104 cm³/mol. The molecule has 5 nitrogen and oxygen atoms in total. The average molecular weight is 370 g/mol. The Hall–Kier alpha value is -2.57. The Morgan fingerprint density at radius 3 is 2.35 bits per heavy atom. The van der Waals surface area contributed by atoms with Crippen LogP contribution in [0.4, 0.5) is 0 Å². The minimum Gasteiger partial charge on any atom is -0.497 e. The summed E-state index contributed by atoms with van der Waals surface area (Å²) >= 11 is 1.69. The van der Waals surface area contributed by atoms with Gasteiger partial charge in [-0.05, 0) is 47.5 Å². The van der Waals surface area contributed by atoms with Gasteiger partial charge in [0.25, 0.3) is 0 Å². The van der Waals surface area contributed by atoms with Gasteiger partial charge in [-0.2, -0.15) is 0 Å². The third-order valence-corrected chi connectivity index (χ3v) is 5.03. The van der Waals surface area contributed by atoms with Gasteiger partial charge in [-0.25, -0.2) is 4.98 Å². The van der Waals surface area contributed by atoms with Crippen molar-refractivity contribution in [2.24, 2.45) is 0 Å². The molecule has 0 aliphatic heterocycles. The fraction of sp³-hybridized carbons (Fsp3) is 0.250. The van der Waals surface area contributed by atoms with Crippen molar-refractivity contribution in [1.29, 1.82) is 0 Å². The molecule has 136 valence electrons. The van der Waals surface area contributed by atoms with Crippen LogP contribution in [0.15, 0.2) is 48.7 Å². The number of thiazole rings is 1. The van der Waals surface area contributed by atoms with Crippen LogP contribution in [0.1, 0.15) is 10.6 Å². The first-order valence-corrected chi connectivity index (χ1v) is 9.06.